The zero-order valence-electron chi connectivity index (χ0n) is 12.3. The van der Waals surface area contributed by atoms with Gasteiger partial charge in [-0.15, -0.1) is 0 Å². The topological polar surface area (TPSA) is 39.7 Å². The molecule has 0 aliphatic carbocycles. The Morgan fingerprint density at radius 1 is 1.25 bits per heavy atom. The Bertz CT molecular complexity index is 469. The van der Waals surface area contributed by atoms with Crippen LogP contribution in [0.25, 0.3) is 0 Å². The third-order valence-corrected chi connectivity index (χ3v) is 4.61. The Hall–Kier alpha value is -1.10. The highest BCUT2D eigenvalue weighted by molar-refractivity contribution is 5.41. The normalized spacial score (nSPS) is 22.1. The standard InChI is InChI=1S/C16H23NO3/c1-17-15(16(18-2)6-9-19-10-7-16)13-3-4-14-12(11-13)5-8-20-14/h3-4,11,15,17H,5-10H2,1-2H3. The van der Waals surface area contributed by atoms with Crippen molar-refractivity contribution >= 4 is 0 Å². The second-order valence-corrected chi connectivity index (χ2v) is 5.57. The lowest BCUT2D eigenvalue weighted by atomic mass is 9.81. The monoisotopic (exact) mass is 277 g/mol. The first-order valence-electron chi connectivity index (χ1n) is 7.35. The van der Waals surface area contributed by atoms with Gasteiger partial charge < -0.3 is 19.5 Å². The van der Waals surface area contributed by atoms with E-state index in [2.05, 4.69) is 23.5 Å². The van der Waals surface area contributed by atoms with Crippen LogP contribution in [0.2, 0.25) is 0 Å². The van der Waals surface area contributed by atoms with Crippen LogP contribution in [0.5, 0.6) is 5.75 Å². The second-order valence-electron chi connectivity index (χ2n) is 5.57. The van der Waals surface area contributed by atoms with Crippen molar-refractivity contribution in [2.24, 2.45) is 0 Å². The molecule has 0 amide bonds. The first-order chi connectivity index (χ1) is 9.79. The summed E-state index contributed by atoms with van der Waals surface area (Å²) >= 11 is 0. The summed E-state index contributed by atoms with van der Waals surface area (Å²) in [6.07, 6.45) is 2.84. The van der Waals surface area contributed by atoms with Crippen molar-refractivity contribution in [3.05, 3.63) is 29.3 Å². The summed E-state index contributed by atoms with van der Waals surface area (Å²) in [7, 11) is 3.82. The zero-order valence-corrected chi connectivity index (χ0v) is 12.3. The summed E-state index contributed by atoms with van der Waals surface area (Å²) in [5.41, 5.74) is 2.40. The van der Waals surface area contributed by atoms with E-state index in [1.807, 2.05) is 14.2 Å². The van der Waals surface area contributed by atoms with Crippen LogP contribution < -0.4 is 10.1 Å². The Kier molecular flexibility index (Phi) is 3.96. The van der Waals surface area contributed by atoms with Crippen LogP contribution in [0.3, 0.4) is 0 Å². The van der Waals surface area contributed by atoms with Crippen molar-refractivity contribution in [2.45, 2.75) is 30.9 Å². The van der Waals surface area contributed by atoms with Gasteiger partial charge in [0.05, 0.1) is 18.2 Å². The van der Waals surface area contributed by atoms with E-state index in [0.29, 0.717) is 0 Å². The second kappa shape index (κ2) is 5.72. The van der Waals surface area contributed by atoms with E-state index < -0.39 is 0 Å². The van der Waals surface area contributed by atoms with Gasteiger partial charge in [0.25, 0.3) is 0 Å². The largest absolute Gasteiger partial charge is 0.493 e. The molecule has 1 N–H and O–H groups in total. The molecule has 20 heavy (non-hydrogen) atoms. The van der Waals surface area contributed by atoms with Gasteiger partial charge in [-0.25, -0.2) is 0 Å². The first-order valence-corrected chi connectivity index (χ1v) is 7.35. The maximum Gasteiger partial charge on any atom is 0.122 e. The molecule has 2 aliphatic rings. The molecule has 1 saturated heterocycles. The minimum absolute atomic E-state index is 0.180. The summed E-state index contributed by atoms with van der Waals surface area (Å²) in [4.78, 5) is 0. The Labute approximate surface area is 120 Å². The van der Waals surface area contributed by atoms with Crippen LogP contribution in [-0.2, 0) is 15.9 Å². The number of hydrogen-bond acceptors (Lipinski definition) is 4. The average molecular weight is 277 g/mol. The van der Waals surface area contributed by atoms with E-state index in [1.54, 1.807) is 0 Å². The van der Waals surface area contributed by atoms with Gasteiger partial charge in [-0.3, -0.25) is 0 Å². The number of rotatable bonds is 4. The predicted molar refractivity (Wildman–Crippen MR) is 77.2 cm³/mol. The van der Waals surface area contributed by atoms with Gasteiger partial charge >= 0.3 is 0 Å². The molecule has 0 bridgehead atoms. The number of ether oxygens (including phenoxy) is 3. The SMILES string of the molecule is CNC(c1ccc2c(c1)CCO2)C1(OC)CCOCC1. The highest BCUT2D eigenvalue weighted by Crippen LogP contribution is 2.39. The molecule has 4 heteroatoms. The number of benzene rings is 1. The van der Waals surface area contributed by atoms with Crippen LogP contribution in [0.15, 0.2) is 18.2 Å². The molecule has 1 aromatic carbocycles. The Morgan fingerprint density at radius 2 is 2.05 bits per heavy atom. The quantitative estimate of drug-likeness (QED) is 0.914. The van der Waals surface area contributed by atoms with Gasteiger partial charge in [0.2, 0.25) is 0 Å². The molecule has 0 spiro atoms. The summed E-state index contributed by atoms with van der Waals surface area (Å²) in [6.45, 7) is 2.33. The van der Waals surface area contributed by atoms with Crippen LogP contribution in [0.1, 0.15) is 30.0 Å². The van der Waals surface area contributed by atoms with E-state index in [0.717, 1.165) is 44.8 Å². The van der Waals surface area contributed by atoms with Crippen molar-refractivity contribution in [1.82, 2.24) is 5.32 Å². The van der Waals surface area contributed by atoms with Crippen molar-refractivity contribution in [1.29, 1.82) is 0 Å². The zero-order chi connectivity index (χ0) is 14.0. The van der Waals surface area contributed by atoms with Crippen molar-refractivity contribution in [3.63, 3.8) is 0 Å². The van der Waals surface area contributed by atoms with Crippen LogP contribution in [-0.4, -0.2) is 39.6 Å². The van der Waals surface area contributed by atoms with Crippen LogP contribution in [0.4, 0.5) is 0 Å². The number of hydrogen-bond donors (Lipinski definition) is 1. The third-order valence-electron chi connectivity index (χ3n) is 4.61. The lowest BCUT2D eigenvalue weighted by Gasteiger charge is -2.42. The third kappa shape index (κ3) is 2.32. The maximum atomic E-state index is 5.93. The minimum atomic E-state index is -0.180. The molecule has 0 aromatic heterocycles. The van der Waals surface area contributed by atoms with Crippen molar-refractivity contribution in [2.75, 3.05) is 34.0 Å². The molecule has 0 radical (unpaired) electrons. The number of fused-ring (bicyclic) bond motifs is 1. The van der Waals surface area contributed by atoms with E-state index in [-0.39, 0.29) is 11.6 Å². The van der Waals surface area contributed by atoms with E-state index >= 15 is 0 Å². The lowest BCUT2D eigenvalue weighted by Crippen LogP contribution is -2.48. The molecular formula is C16H23NO3. The van der Waals surface area contributed by atoms with Gasteiger partial charge in [0.15, 0.2) is 0 Å². The highest BCUT2D eigenvalue weighted by Gasteiger charge is 2.41. The molecule has 1 unspecified atom stereocenters. The first kappa shape index (κ1) is 13.9. The molecule has 2 heterocycles. The van der Waals surface area contributed by atoms with Crippen molar-refractivity contribution in [3.8, 4) is 5.75 Å². The summed E-state index contributed by atoms with van der Waals surface area (Å²) in [5.74, 6) is 1.03. The fraction of sp³-hybridized carbons (Fsp3) is 0.625. The minimum Gasteiger partial charge on any atom is -0.493 e. The predicted octanol–water partition coefficient (Wildman–Crippen LogP) is 2.08. The molecule has 2 aliphatic heterocycles. The van der Waals surface area contributed by atoms with E-state index in [4.69, 9.17) is 14.2 Å². The van der Waals surface area contributed by atoms with Gasteiger partial charge in [0, 0.05) is 39.6 Å². The van der Waals surface area contributed by atoms with Crippen LogP contribution in [0, 0.1) is 0 Å². The fourth-order valence-corrected chi connectivity index (χ4v) is 3.45. The van der Waals surface area contributed by atoms with Crippen molar-refractivity contribution < 1.29 is 14.2 Å². The fourth-order valence-electron chi connectivity index (χ4n) is 3.45. The number of methoxy groups -OCH3 is 1. The van der Waals surface area contributed by atoms with Gasteiger partial charge in [-0.1, -0.05) is 12.1 Å². The Balaban J connectivity index is 1.92. The number of nitrogens with one attached hydrogen (secondary N) is 1. The molecule has 1 atom stereocenters. The molecule has 1 fully saturated rings. The summed E-state index contributed by atoms with van der Waals surface area (Å²) in [6, 6.07) is 6.69. The smallest absolute Gasteiger partial charge is 0.122 e. The van der Waals surface area contributed by atoms with Gasteiger partial charge in [0.1, 0.15) is 5.75 Å². The molecule has 0 saturated carbocycles. The van der Waals surface area contributed by atoms with Gasteiger partial charge in [-0.2, -0.15) is 0 Å². The molecule has 1 aromatic rings. The average Bonchev–Trinajstić information content (AvgIpc) is 2.96. The lowest BCUT2D eigenvalue weighted by molar-refractivity contribution is -0.110. The summed E-state index contributed by atoms with van der Waals surface area (Å²) in [5, 5.41) is 3.45. The highest BCUT2D eigenvalue weighted by atomic mass is 16.5. The molecule has 110 valence electrons. The van der Waals surface area contributed by atoms with Gasteiger partial charge in [-0.05, 0) is 24.2 Å². The van der Waals surface area contributed by atoms with E-state index in [9.17, 15) is 0 Å². The Morgan fingerprint density at radius 3 is 2.75 bits per heavy atom. The van der Waals surface area contributed by atoms with Crippen LogP contribution >= 0.6 is 0 Å². The molecule has 4 nitrogen and oxygen atoms in total. The number of likely N-dealkylation sites (N-methyl/N-ethyl adjacent to an activating group) is 1. The summed E-state index contributed by atoms with van der Waals surface area (Å²) < 4.78 is 17.0. The van der Waals surface area contributed by atoms with E-state index in [1.165, 1.54) is 11.1 Å². The molecular weight excluding hydrogens is 254 g/mol. The molecule has 3 rings (SSSR count). The maximum absolute atomic E-state index is 5.93.